The van der Waals surface area contributed by atoms with Gasteiger partial charge in [0.25, 0.3) is 0 Å². The Morgan fingerprint density at radius 2 is 1.30 bits per heavy atom. The molecule has 0 aromatic carbocycles. The molecule has 0 fully saturated rings. The van der Waals surface area contributed by atoms with Crippen LogP contribution in [0.1, 0.15) is 59.3 Å². The van der Waals surface area contributed by atoms with Crippen molar-refractivity contribution in [1.29, 1.82) is 0 Å². The Hall–Kier alpha value is 0. The number of unbranched alkanes of at least 4 members (excludes halogenated alkanes) is 2. The lowest BCUT2D eigenvalue weighted by Gasteiger charge is -2.08. The highest BCUT2D eigenvalue weighted by molar-refractivity contribution is 4.52. The van der Waals surface area contributed by atoms with Crippen molar-refractivity contribution in [2.45, 2.75) is 59.3 Å². The average Bonchev–Trinajstić information content (AvgIpc) is 1.97. The van der Waals surface area contributed by atoms with Gasteiger partial charge in [-0.15, -0.1) is 0 Å². The maximum Gasteiger partial charge on any atom is -0.0443 e. The molecule has 0 spiro atoms. The first-order chi connectivity index (χ1) is 4.81. The van der Waals surface area contributed by atoms with E-state index in [1.165, 1.54) is 38.5 Å². The van der Waals surface area contributed by atoms with E-state index >= 15 is 0 Å². The van der Waals surface area contributed by atoms with E-state index in [0.717, 1.165) is 5.92 Å². The van der Waals surface area contributed by atoms with Gasteiger partial charge in [-0.3, -0.25) is 0 Å². The third kappa shape index (κ3) is 6.12. The molecule has 0 aliphatic rings. The molecule has 0 amide bonds. The highest BCUT2D eigenvalue weighted by Crippen LogP contribution is 2.14. The Labute approximate surface area is 66.0 Å². The van der Waals surface area contributed by atoms with Crippen LogP contribution in [0, 0.1) is 5.92 Å². The first-order valence-electron chi connectivity index (χ1n) is 4.81. The Morgan fingerprint density at radius 1 is 0.900 bits per heavy atom. The summed E-state index contributed by atoms with van der Waals surface area (Å²) in [4.78, 5) is 0. The van der Waals surface area contributed by atoms with Gasteiger partial charge in [0.05, 0.1) is 0 Å². The molecular formula is C10H22. The summed E-state index contributed by atoms with van der Waals surface area (Å²) < 4.78 is 0. The fourth-order valence-corrected chi connectivity index (χ4v) is 1.25. The molecule has 0 heteroatoms. The van der Waals surface area contributed by atoms with Crippen LogP contribution in [0.25, 0.3) is 0 Å². The molecule has 62 valence electrons. The molecule has 0 aromatic heterocycles. The van der Waals surface area contributed by atoms with Crippen LogP contribution in [0.5, 0.6) is 0 Å². The van der Waals surface area contributed by atoms with Crippen LogP contribution in [0.4, 0.5) is 0 Å². The van der Waals surface area contributed by atoms with Gasteiger partial charge in [0.1, 0.15) is 0 Å². The molecule has 0 heterocycles. The van der Waals surface area contributed by atoms with Crippen LogP contribution in [0.3, 0.4) is 0 Å². The molecule has 0 unspecified atom stereocenters. The van der Waals surface area contributed by atoms with Crippen LogP contribution < -0.4 is 0 Å². The number of hydrogen-bond donors (Lipinski definition) is 0. The minimum absolute atomic E-state index is 0.972. The smallest absolute Gasteiger partial charge is 0.0443 e. The van der Waals surface area contributed by atoms with Gasteiger partial charge in [0.2, 0.25) is 0 Å². The van der Waals surface area contributed by atoms with Crippen LogP contribution in [0.2, 0.25) is 0 Å². The summed E-state index contributed by atoms with van der Waals surface area (Å²) in [6.07, 6.45) is 8.44. The van der Waals surface area contributed by atoms with Crippen molar-refractivity contribution >= 4 is 0 Å². The summed E-state index contributed by atoms with van der Waals surface area (Å²) in [6.45, 7) is 6.92. The standard InChI is InChI=1S/C10H22/c1-4-6-8-10(3)9-7-5-2/h10H,4-9H2,1-3H3. The predicted octanol–water partition coefficient (Wildman–Crippen LogP) is 4.00. The average molecular weight is 142 g/mol. The van der Waals surface area contributed by atoms with E-state index in [1.54, 1.807) is 0 Å². The molecule has 0 bridgehead atoms. The van der Waals surface area contributed by atoms with E-state index in [2.05, 4.69) is 20.8 Å². The van der Waals surface area contributed by atoms with Crippen molar-refractivity contribution in [1.82, 2.24) is 0 Å². The van der Waals surface area contributed by atoms with Gasteiger partial charge in [-0.05, 0) is 5.92 Å². The zero-order chi connectivity index (χ0) is 7.82. The molecule has 0 nitrogen and oxygen atoms in total. The topological polar surface area (TPSA) is 0 Å². The number of hydrogen-bond acceptors (Lipinski definition) is 0. The van der Waals surface area contributed by atoms with Crippen molar-refractivity contribution in [3.63, 3.8) is 0 Å². The Balaban J connectivity index is 3.00. The quantitative estimate of drug-likeness (QED) is 0.526. The van der Waals surface area contributed by atoms with Crippen LogP contribution in [0.15, 0.2) is 0 Å². The van der Waals surface area contributed by atoms with Crippen molar-refractivity contribution in [3.8, 4) is 0 Å². The SMILES string of the molecule is CCCCC(C)CCCC. The lowest BCUT2D eigenvalue weighted by Crippen LogP contribution is -1.93. The summed E-state index contributed by atoms with van der Waals surface area (Å²) >= 11 is 0. The second-order valence-corrected chi connectivity index (χ2v) is 3.39. The minimum atomic E-state index is 0.972. The van der Waals surface area contributed by atoms with Gasteiger partial charge in [0.15, 0.2) is 0 Å². The van der Waals surface area contributed by atoms with Crippen LogP contribution in [-0.4, -0.2) is 0 Å². The van der Waals surface area contributed by atoms with Crippen LogP contribution >= 0.6 is 0 Å². The van der Waals surface area contributed by atoms with E-state index in [1.807, 2.05) is 0 Å². The molecule has 0 rings (SSSR count). The van der Waals surface area contributed by atoms with Crippen molar-refractivity contribution in [2.24, 2.45) is 5.92 Å². The second kappa shape index (κ2) is 7.11. The predicted molar refractivity (Wildman–Crippen MR) is 48.2 cm³/mol. The maximum absolute atomic E-state index is 2.38. The summed E-state index contributed by atoms with van der Waals surface area (Å²) in [7, 11) is 0. The maximum atomic E-state index is 2.38. The minimum Gasteiger partial charge on any atom is -0.0654 e. The van der Waals surface area contributed by atoms with Gasteiger partial charge in [-0.25, -0.2) is 0 Å². The molecular weight excluding hydrogens is 120 g/mol. The molecule has 0 saturated heterocycles. The van der Waals surface area contributed by atoms with Crippen molar-refractivity contribution in [2.75, 3.05) is 0 Å². The first kappa shape index (κ1) is 10.0. The lowest BCUT2D eigenvalue weighted by atomic mass is 9.98. The highest BCUT2D eigenvalue weighted by atomic mass is 14.0. The monoisotopic (exact) mass is 142 g/mol. The Bertz CT molecular complexity index is 49.1. The summed E-state index contributed by atoms with van der Waals surface area (Å²) in [6, 6.07) is 0. The molecule has 0 N–H and O–H groups in total. The Kier molecular flexibility index (Phi) is 7.11. The molecule has 0 radical (unpaired) electrons. The van der Waals surface area contributed by atoms with E-state index in [9.17, 15) is 0 Å². The summed E-state index contributed by atoms with van der Waals surface area (Å²) in [5, 5.41) is 0. The molecule has 10 heavy (non-hydrogen) atoms. The van der Waals surface area contributed by atoms with Gasteiger partial charge in [-0.1, -0.05) is 59.3 Å². The normalized spacial score (nSPS) is 10.8. The largest absolute Gasteiger partial charge is 0.0654 e. The summed E-state index contributed by atoms with van der Waals surface area (Å²) in [5.41, 5.74) is 0. The molecule has 0 atom stereocenters. The third-order valence-electron chi connectivity index (χ3n) is 2.10. The van der Waals surface area contributed by atoms with E-state index in [0.29, 0.717) is 0 Å². The van der Waals surface area contributed by atoms with Gasteiger partial charge >= 0.3 is 0 Å². The molecule has 0 aliphatic carbocycles. The molecule has 0 aromatic rings. The fourth-order valence-electron chi connectivity index (χ4n) is 1.25. The third-order valence-corrected chi connectivity index (χ3v) is 2.10. The van der Waals surface area contributed by atoms with E-state index in [4.69, 9.17) is 0 Å². The molecule has 0 saturated carbocycles. The highest BCUT2D eigenvalue weighted by Gasteiger charge is 1.98. The second-order valence-electron chi connectivity index (χ2n) is 3.39. The van der Waals surface area contributed by atoms with Gasteiger partial charge in [-0.2, -0.15) is 0 Å². The van der Waals surface area contributed by atoms with E-state index < -0.39 is 0 Å². The summed E-state index contributed by atoms with van der Waals surface area (Å²) in [5.74, 6) is 0.972. The van der Waals surface area contributed by atoms with E-state index in [-0.39, 0.29) is 0 Å². The zero-order valence-electron chi connectivity index (χ0n) is 7.82. The van der Waals surface area contributed by atoms with Crippen LogP contribution in [-0.2, 0) is 0 Å². The number of rotatable bonds is 6. The first-order valence-corrected chi connectivity index (χ1v) is 4.81. The van der Waals surface area contributed by atoms with Crippen molar-refractivity contribution < 1.29 is 0 Å². The fraction of sp³-hybridized carbons (Fsp3) is 1.00. The van der Waals surface area contributed by atoms with Crippen molar-refractivity contribution in [3.05, 3.63) is 0 Å². The Morgan fingerprint density at radius 3 is 1.60 bits per heavy atom. The zero-order valence-corrected chi connectivity index (χ0v) is 7.82. The molecule has 0 aliphatic heterocycles. The lowest BCUT2D eigenvalue weighted by molar-refractivity contribution is 0.454. The van der Waals surface area contributed by atoms with Gasteiger partial charge in [0, 0.05) is 0 Å². The van der Waals surface area contributed by atoms with Gasteiger partial charge < -0.3 is 0 Å².